The third-order valence-electron chi connectivity index (χ3n) is 3.33. The minimum absolute atomic E-state index is 0.312. The topological polar surface area (TPSA) is 55.4 Å². The van der Waals surface area contributed by atoms with Gasteiger partial charge in [-0.2, -0.15) is 0 Å². The maximum atomic E-state index is 5.23. The molecule has 0 bridgehead atoms. The molecule has 0 fully saturated rings. The van der Waals surface area contributed by atoms with Crippen LogP contribution in [0.3, 0.4) is 0 Å². The summed E-state index contributed by atoms with van der Waals surface area (Å²) in [4.78, 5) is 0. The molecule has 8 heteroatoms. The molecule has 0 aliphatic heterocycles. The fourth-order valence-electron chi connectivity index (χ4n) is 1.91. The maximum absolute atomic E-state index is 5.23. The largest absolute Gasteiger partial charge is 0.502 e. The lowest BCUT2D eigenvalue weighted by Gasteiger charge is -2.27. The molecule has 0 heterocycles. The van der Waals surface area contributed by atoms with E-state index in [4.69, 9.17) is 26.6 Å². The van der Waals surface area contributed by atoms with Gasteiger partial charge in [0.2, 0.25) is 0 Å². The lowest BCUT2D eigenvalue weighted by atomic mass is 10.4. The second-order valence-electron chi connectivity index (χ2n) is 4.77. The normalized spacial score (nSPS) is 12.3. The maximum Gasteiger partial charge on any atom is 0.502 e. The van der Waals surface area contributed by atoms with Crippen LogP contribution < -0.4 is 0 Å². The zero-order valence-electron chi connectivity index (χ0n) is 15.1. The number of hydrogen-bond acceptors (Lipinski definition) is 6. The Morgan fingerprint density at radius 1 is 0.714 bits per heavy atom. The minimum atomic E-state index is -2.29. The molecule has 0 saturated heterocycles. The van der Waals surface area contributed by atoms with Gasteiger partial charge in [-0.15, -0.1) is 0 Å². The molecular formula is C13H34O6Si2. The molecular weight excluding hydrogens is 308 g/mol. The highest BCUT2D eigenvalue weighted by molar-refractivity contribution is 6.62. The van der Waals surface area contributed by atoms with Crippen LogP contribution in [0.2, 0.25) is 11.6 Å². The van der Waals surface area contributed by atoms with Crippen molar-refractivity contribution in [3.8, 4) is 0 Å². The zero-order chi connectivity index (χ0) is 16.9. The van der Waals surface area contributed by atoms with E-state index in [9.17, 15) is 0 Å². The van der Waals surface area contributed by atoms with E-state index >= 15 is 0 Å². The third-order valence-corrected chi connectivity index (χ3v) is 9.28. The van der Waals surface area contributed by atoms with E-state index in [2.05, 4.69) is 6.92 Å². The Bertz CT molecular complexity index is 216. The predicted octanol–water partition coefficient (Wildman–Crippen LogP) is 2.94. The molecule has 0 rings (SSSR count). The van der Waals surface area contributed by atoms with Crippen molar-refractivity contribution >= 4 is 17.6 Å². The first kappa shape index (κ1) is 23.5. The molecule has 0 aromatic carbocycles. The average molecular weight is 343 g/mol. The lowest BCUT2D eigenvalue weighted by Crippen LogP contribution is -2.45. The molecule has 0 radical (unpaired) electrons. The van der Waals surface area contributed by atoms with Gasteiger partial charge in [-0.1, -0.05) is 27.2 Å². The second kappa shape index (κ2) is 12.7. The van der Waals surface area contributed by atoms with Gasteiger partial charge in [0.1, 0.15) is 0 Å². The Labute approximate surface area is 132 Å². The molecule has 0 aliphatic carbocycles. The smallest absolute Gasteiger partial charge is 0.377 e. The van der Waals surface area contributed by atoms with Gasteiger partial charge in [-0.3, -0.25) is 0 Å². The van der Waals surface area contributed by atoms with Crippen LogP contribution in [0.25, 0.3) is 0 Å². The number of hydrogen-bond donors (Lipinski definition) is 0. The quantitative estimate of drug-likeness (QED) is 0.569. The predicted molar refractivity (Wildman–Crippen MR) is 88.4 cm³/mol. The summed E-state index contributed by atoms with van der Waals surface area (Å²) in [5.74, 6) is 0. The zero-order valence-corrected chi connectivity index (χ0v) is 17.1. The van der Waals surface area contributed by atoms with E-state index in [1.165, 1.54) is 0 Å². The monoisotopic (exact) mass is 342 g/mol. The van der Waals surface area contributed by atoms with Crippen LogP contribution in [-0.2, 0) is 26.6 Å². The Kier molecular flexibility index (Phi) is 14.2. The summed E-state index contributed by atoms with van der Waals surface area (Å²) in [6.07, 6.45) is 2.24. The summed E-state index contributed by atoms with van der Waals surface area (Å²) >= 11 is 0. The Morgan fingerprint density at radius 3 is 1.24 bits per heavy atom. The Morgan fingerprint density at radius 2 is 1.10 bits per heavy atom. The van der Waals surface area contributed by atoms with Crippen molar-refractivity contribution in [2.75, 3.05) is 42.7 Å². The molecule has 0 aromatic heterocycles. The first-order valence-corrected chi connectivity index (χ1v) is 10.9. The van der Waals surface area contributed by atoms with Crippen LogP contribution in [0.4, 0.5) is 0 Å². The molecule has 0 atom stereocenters. The Balaban J connectivity index is 0. The van der Waals surface area contributed by atoms with Crippen LogP contribution in [0, 0.1) is 0 Å². The first-order valence-electron chi connectivity index (χ1n) is 7.18. The van der Waals surface area contributed by atoms with Gasteiger partial charge in [-0.25, -0.2) is 0 Å². The second-order valence-corrected chi connectivity index (χ2v) is 11.4. The molecule has 21 heavy (non-hydrogen) atoms. The van der Waals surface area contributed by atoms with E-state index in [0.717, 1.165) is 18.9 Å². The van der Waals surface area contributed by atoms with E-state index in [1.54, 1.807) is 42.7 Å². The summed E-state index contributed by atoms with van der Waals surface area (Å²) in [6, 6.07) is 0.910. The highest BCUT2D eigenvalue weighted by Crippen LogP contribution is 2.21. The van der Waals surface area contributed by atoms with E-state index in [1.807, 2.05) is 13.8 Å². The number of unbranched alkanes of at least 4 members (excludes halogenated alkanes) is 1. The van der Waals surface area contributed by atoms with E-state index in [-0.39, 0.29) is 0 Å². The molecule has 0 spiro atoms. The standard InChI is InChI=1S/C7H18O3Si.C6H16O3Si/c1-5-6-7-11(8-2,9-3)10-4;1-6(2)10(7-3,8-4)9-5/h5-7H2,1-4H3;6H,1-5H3. The summed E-state index contributed by atoms with van der Waals surface area (Å²) < 4.78 is 31.3. The summed E-state index contributed by atoms with van der Waals surface area (Å²) in [6.45, 7) is 6.20. The summed E-state index contributed by atoms with van der Waals surface area (Å²) in [5, 5.41) is 0. The minimum Gasteiger partial charge on any atom is -0.377 e. The van der Waals surface area contributed by atoms with Crippen molar-refractivity contribution in [2.24, 2.45) is 0 Å². The van der Waals surface area contributed by atoms with Gasteiger partial charge < -0.3 is 26.6 Å². The van der Waals surface area contributed by atoms with Gasteiger partial charge >= 0.3 is 17.6 Å². The van der Waals surface area contributed by atoms with Crippen molar-refractivity contribution in [3.05, 3.63) is 0 Å². The highest BCUT2D eigenvalue weighted by atomic mass is 28.4. The van der Waals surface area contributed by atoms with Crippen LogP contribution in [0.15, 0.2) is 0 Å². The van der Waals surface area contributed by atoms with Gasteiger partial charge in [-0.05, 0) is 6.42 Å². The fourth-order valence-corrected chi connectivity index (χ4v) is 5.72. The van der Waals surface area contributed by atoms with Crippen molar-refractivity contribution in [3.63, 3.8) is 0 Å². The molecule has 0 aliphatic rings. The first-order chi connectivity index (χ1) is 9.87. The van der Waals surface area contributed by atoms with Crippen LogP contribution in [0.5, 0.6) is 0 Å². The molecule has 6 nitrogen and oxygen atoms in total. The van der Waals surface area contributed by atoms with Gasteiger partial charge in [0.05, 0.1) is 0 Å². The van der Waals surface area contributed by atoms with Crippen molar-refractivity contribution in [1.29, 1.82) is 0 Å². The molecule has 0 amide bonds. The summed E-state index contributed by atoms with van der Waals surface area (Å²) in [7, 11) is 5.28. The van der Waals surface area contributed by atoms with Crippen molar-refractivity contribution < 1.29 is 26.6 Å². The average Bonchev–Trinajstić information content (AvgIpc) is 2.52. The molecule has 0 N–H and O–H groups in total. The van der Waals surface area contributed by atoms with E-state index < -0.39 is 17.6 Å². The van der Waals surface area contributed by atoms with Crippen LogP contribution in [-0.4, -0.2) is 60.3 Å². The van der Waals surface area contributed by atoms with Gasteiger partial charge in [0.25, 0.3) is 0 Å². The SMILES string of the molecule is CCCC[Si](OC)(OC)OC.CO[Si](OC)(OC)C(C)C. The fraction of sp³-hybridized carbons (Fsp3) is 1.00. The van der Waals surface area contributed by atoms with Crippen molar-refractivity contribution in [1.82, 2.24) is 0 Å². The molecule has 0 saturated carbocycles. The summed E-state index contributed by atoms with van der Waals surface area (Å²) in [5.41, 5.74) is 0.312. The lowest BCUT2D eigenvalue weighted by molar-refractivity contribution is 0.115. The molecule has 130 valence electrons. The van der Waals surface area contributed by atoms with E-state index in [0.29, 0.717) is 5.54 Å². The highest BCUT2D eigenvalue weighted by Gasteiger charge is 2.41. The Hall–Kier alpha value is 0.194. The van der Waals surface area contributed by atoms with Crippen molar-refractivity contribution in [2.45, 2.75) is 45.2 Å². The van der Waals surface area contributed by atoms with Crippen LogP contribution in [0.1, 0.15) is 33.6 Å². The number of rotatable bonds is 10. The van der Waals surface area contributed by atoms with Gasteiger partial charge in [0.15, 0.2) is 0 Å². The van der Waals surface area contributed by atoms with Gasteiger partial charge in [0, 0.05) is 54.2 Å². The molecule has 0 unspecified atom stereocenters. The van der Waals surface area contributed by atoms with Crippen LogP contribution >= 0.6 is 0 Å². The molecule has 0 aromatic rings. The third kappa shape index (κ3) is 7.84.